The molecule has 0 spiro atoms. The number of nitrogens with one attached hydrogen (secondary N) is 1. The van der Waals surface area contributed by atoms with E-state index in [4.69, 9.17) is 9.84 Å². The molecule has 0 heterocycles. The number of aliphatic hydroxyl groups is 1. The molecule has 0 unspecified atom stereocenters. The molecule has 1 saturated carbocycles. The zero-order valence-corrected chi connectivity index (χ0v) is 9.85. The molecule has 1 amide bonds. The average molecular weight is 235 g/mol. The summed E-state index contributed by atoms with van der Waals surface area (Å²) < 4.78 is 5.05. The Balaban J connectivity index is 1.81. The highest BCUT2D eigenvalue weighted by molar-refractivity contribution is 5.79. The maximum absolute atomic E-state index is 11.7. The summed E-state index contributed by atoms with van der Waals surface area (Å²) in [6.45, 7) is 0. The van der Waals surface area contributed by atoms with E-state index in [1.165, 1.54) is 0 Å². The first-order chi connectivity index (χ1) is 8.17. The van der Waals surface area contributed by atoms with Gasteiger partial charge in [0.2, 0.25) is 5.91 Å². The first kappa shape index (κ1) is 11.9. The molecule has 0 bridgehead atoms. The Morgan fingerprint density at radius 1 is 1.41 bits per heavy atom. The van der Waals surface area contributed by atoms with E-state index < -0.39 is 0 Å². The van der Waals surface area contributed by atoms with Crippen LogP contribution in [0.2, 0.25) is 0 Å². The van der Waals surface area contributed by atoms with Gasteiger partial charge in [0, 0.05) is 6.04 Å². The van der Waals surface area contributed by atoms with E-state index in [9.17, 15) is 4.79 Å². The summed E-state index contributed by atoms with van der Waals surface area (Å²) in [5.41, 5.74) is 0.961. The third-order valence-corrected chi connectivity index (χ3v) is 3.00. The van der Waals surface area contributed by atoms with Gasteiger partial charge in [-0.05, 0) is 30.5 Å². The van der Waals surface area contributed by atoms with Crippen LogP contribution in [0.5, 0.6) is 5.75 Å². The van der Waals surface area contributed by atoms with Crippen LogP contribution in [0.1, 0.15) is 18.4 Å². The molecule has 1 aromatic rings. The number of rotatable bonds is 4. The number of carbonyl (C=O) groups is 1. The fourth-order valence-corrected chi connectivity index (χ4v) is 1.91. The Morgan fingerprint density at radius 3 is 2.59 bits per heavy atom. The van der Waals surface area contributed by atoms with E-state index in [0.29, 0.717) is 19.3 Å². The molecule has 0 radical (unpaired) electrons. The van der Waals surface area contributed by atoms with Gasteiger partial charge in [-0.1, -0.05) is 12.1 Å². The highest BCUT2D eigenvalue weighted by Crippen LogP contribution is 2.19. The first-order valence-corrected chi connectivity index (χ1v) is 5.77. The second-order valence-electron chi connectivity index (χ2n) is 4.41. The predicted octanol–water partition coefficient (Wildman–Crippen LogP) is 0.877. The molecular formula is C13H17NO3. The van der Waals surface area contributed by atoms with E-state index in [0.717, 1.165) is 11.3 Å². The second-order valence-corrected chi connectivity index (χ2v) is 4.41. The quantitative estimate of drug-likeness (QED) is 0.814. The van der Waals surface area contributed by atoms with Crippen molar-refractivity contribution in [3.8, 4) is 5.75 Å². The van der Waals surface area contributed by atoms with Gasteiger partial charge in [0.05, 0.1) is 19.6 Å². The molecule has 2 N–H and O–H groups in total. The van der Waals surface area contributed by atoms with Crippen molar-refractivity contribution in [1.29, 1.82) is 0 Å². The Labute approximate surface area is 101 Å². The van der Waals surface area contributed by atoms with Crippen molar-refractivity contribution in [3.05, 3.63) is 29.8 Å². The van der Waals surface area contributed by atoms with Crippen LogP contribution in [0.4, 0.5) is 0 Å². The maximum atomic E-state index is 11.7. The van der Waals surface area contributed by atoms with Crippen LogP contribution >= 0.6 is 0 Å². The minimum atomic E-state index is -0.235. The van der Waals surface area contributed by atoms with Gasteiger partial charge in [-0.3, -0.25) is 4.79 Å². The van der Waals surface area contributed by atoms with Crippen LogP contribution < -0.4 is 10.1 Å². The predicted molar refractivity (Wildman–Crippen MR) is 63.9 cm³/mol. The molecule has 0 atom stereocenters. The Bertz CT molecular complexity index is 382. The summed E-state index contributed by atoms with van der Waals surface area (Å²) in [7, 11) is 1.61. The van der Waals surface area contributed by atoms with Gasteiger partial charge in [0.1, 0.15) is 5.75 Å². The van der Waals surface area contributed by atoms with Gasteiger partial charge in [-0.25, -0.2) is 0 Å². The number of hydrogen-bond acceptors (Lipinski definition) is 3. The molecule has 0 aliphatic heterocycles. The van der Waals surface area contributed by atoms with Crippen LogP contribution in [0.25, 0.3) is 0 Å². The first-order valence-electron chi connectivity index (χ1n) is 5.77. The number of amides is 1. The molecular weight excluding hydrogens is 218 g/mol. The summed E-state index contributed by atoms with van der Waals surface area (Å²) in [4.78, 5) is 11.7. The van der Waals surface area contributed by atoms with Crippen LogP contribution in [0.3, 0.4) is 0 Å². The minimum Gasteiger partial charge on any atom is -0.497 e. The number of carbonyl (C=O) groups excluding carboxylic acids is 1. The highest BCUT2D eigenvalue weighted by atomic mass is 16.5. The number of benzene rings is 1. The molecule has 4 nitrogen and oxygen atoms in total. The fraction of sp³-hybridized carbons (Fsp3) is 0.462. The monoisotopic (exact) mass is 235 g/mol. The van der Waals surface area contributed by atoms with E-state index in [2.05, 4.69) is 5.32 Å². The molecule has 1 aliphatic carbocycles. The van der Waals surface area contributed by atoms with Crippen molar-refractivity contribution in [3.63, 3.8) is 0 Å². The second kappa shape index (κ2) is 5.19. The molecule has 4 heteroatoms. The molecule has 1 fully saturated rings. The van der Waals surface area contributed by atoms with E-state index >= 15 is 0 Å². The van der Waals surface area contributed by atoms with Crippen LogP contribution in [-0.4, -0.2) is 30.3 Å². The lowest BCUT2D eigenvalue weighted by Crippen LogP contribution is -2.47. The van der Waals surface area contributed by atoms with E-state index in [1.807, 2.05) is 24.3 Å². The van der Waals surface area contributed by atoms with Gasteiger partial charge in [-0.15, -0.1) is 0 Å². The Kier molecular flexibility index (Phi) is 3.64. The number of aliphatic hydroxyl groups excluding tert-OH is 1. The molecule has 0 saturated heterocycles. The molecule has 17 heavy (non-hydrogen) atoms. The fourth-order valence-electron chi connectivity index (χ4n) is 1.91. The van der Waals surface area contributed by atoms with Gasteiger partial charge in [-0.2, -0.15) is 0 Å². The largest absolute Gasteiger partial charge is 0.497 e. The van der Waals surface area contributed by atoms with Crippen molar-refractivity contribution >= 4 is 5.91 Å². The third kappa shape index (κ3) is 3.20. The molecule has 92 valence electrons. The van der Waals surface area contributed by atoms with Gasteiger partial charge >= 0.3 is 0 Å². The Morgan fingerprint density at radius 2 is 2.06 bits per heavy atom. The van der Waals surface area contributed by atoms with Gasteiger partial charge < -0.3 is 15.2 Å². The van der Waals surface area contributed by atoms with Crippen LogP contribution in [0, 0.1) is 0 Å². The third-order valence-electron chi connectivity index (χ3n) is 3.00. The van der Waals surface area contributed by atoms with E-state index in [1.54, 1.807) is 7.11 Å². The van der Waals surface area contributed by atoms with Crippen molar-refractivity contribution < 1.29 is 14.6 Å². The molecule has 1 aliphatic rings. The molecule has 1 aromatic carbocycles. The number of methoxy groups -OCH3 is 1. The minimum absolute atomic E-state index is 0.00654. The zero-order valence-electron chi connectivity index (χ0n) is 9.85. The van der Waals surface area contributed by atoms with Crippen LogP contribution in [-0.2, 0) is 11.2 Å². The Hall–Kier alpha value is -1.55. The summed E-state index contributed by atoms with van der Waals surface area (Å²) >= 11 is 0. The molecule has 0 aromatic heterocycles. The van der Waals surface area contributed by atoms with E-state index in [-0.39, 0.29) is 18.1 Å². The van der Waals surface area contributed by atoms with Crippen molar-refractivity contribution in [2.45, 2.75) is 31.4 Å². The van der Waals surface area contributed by atoms with Gasteiger partial charge in [0.15, 0.2) is 0 Å². The summed E-state index contributed by atoms with van der Waals surface area (Å²) in [6.07, 6.45) is 1.49. The lowest BCUT2D eigenvalue weighted by atomic mass is 9.89. The van der Waals surface area contributed by atoms with Crippen LogP contribution in [0.15, 0.2) is 24.3 Å². The van der Waals surface area contributed by atoms with Crippen molar-refractivity contribution in [2.75, 3.05) is 7.11 Å². The van der Waals surface area contributed by atoms with Crippen molar-refractivity contribution in [1.82, 2.24) is 5.32 Å². The number of hydrogen-bond donors (Lipinski definition) is 2. The lowest BCUT2D eigenvalue weighted by molar-refractivity contribution is -0.122. The number of ether oxygens (including phenoxy) is 1. The highest BCUT2D eigenvalue weighted by Gasteiger charge is 2.28. The standard InChI is InChI=1S/C13H17NO3/c1-17-12-4-2-9(3-5-12)6-13(16)14-10-7-11(15)8-10/h2-5,10-11,15H,6-8H2,1H3,(H,14,16). The zero-order chi connectivity index (χ0) is 12.3. The molecule has 2 rings (SSSR count). The average Bonchev–Trinajstić information content (AvgIpc) is 2.28. The summed E-state index contributed by atoms with van der Waals surface area (Å²) in [5, 5.41) is 12.0. The summed E-state index contributed by atoms with van der Waals surface area (Å²) in [6, 6.07) is 7.60. The lowest BCUT2D eigenvalue weighted by Gasteiger charge is -2.31. The normalized spacial score (nSPS) is 22.7. The van der Waals surface area contributed by atoms with Crippen molar-refractivity contribution in [2.24, 2.45) is 0 Å². The smallest absolute Gasteiger partial charge is 0.224 e. The van der Waals surface area contributed by atoms with Gasteiger partial charge in [0.25, 0.3) is 0 Å². The maximum Gasteiger partial charge on any atom is 0.224 e. The summed E-state index contributed by atoms with van der Waals surface area (Å²) in [5.74, 6) is 0.795. The topological polar surface area (TPSA) is 58.6 Å². The SMILES string of the molecule is COc1ccc(CC(=O)NC2CC(O)C2)cc1.